The van der Waals surface area contributed by atoms with Gasteiger partial charge >= 0.3 is 0 Å². The number of anilines is 1. The number of nitrogens with one attached hydrogen (secondary N) is 1. The van der Waals surface area contributed by atoms with Gasteiger partial charge in [0.25, 0.3) is 5.91 Å². The van der Waals surface area contributed by atoms with E-state index in [0.29, 0.717) is 11.4 Å². The number of rotatable bonds is 4. The molecule has 3 rings (SSSR count). The van der Waals surface area contributed by atoms with Gasteiger partial charge in [0, 0.05) is 10.7 Å². The lowest BCUT2D eigenvalue weighted by Crippen LogP contribution is -2.45. The van der Waals surface area contributed by atoms with Crippen LogP contribution in [0.3, 0.4) is 0 Å². The summed E-state index contributed by atoms with van der Waals surface area (Å²) in [6.45, 7) is 1.72. The number of fused-ring (bicyclic) bond motifs is 1. The molecule has 0 saturated carbocycles. The molecule has 1 aliphatic heterocycles. The van der Waals surface area contributed by atoms with Crippen LogP contribution in [0.2, 0.25) is 0 Å². The van der Waals surface area contributed by atoms with Crippen molar-refractivity contribution in [2.45, 2.75) is 13.0 Å². The zero-order valence-electron chi connectivity index (χ0n) is 13.0. The number of hydrogen-bond acceptors (Lipinski definition) is 4. The minimum Gasteiger partial charge on any atom is -0.482 e. The fourth-order valence-corrected chi connectivity index (χ4v) is 2.83. The van der Waals surface area contributed by atoms with Crippen LogP contribution >= 0.6 is 15.9 Å². The summed E-state index contributed by atoms with van der Waals surface area (Å²) in [4.78, 5) is 30.1. The zero-order chi connectivity index (χ0) is 17.1. The summed E-state index contributed by atoms with van der Waals surface area (Å²) in [6.07, 6.45) is 1.68. The normalized spacial score (nSPS) is 14.6. The van der Waals surface area contributed by atoms with E-state index >= 15 is 0 Å². The summed E-state index contributed by atoms with van der Waals surface area (Å²) in [5.74, 6) is 0.0808. The second-order valence-electron chi connectivity index (χ2n) is 5.42. The molecule has 0 aliphatic carbocycles. The van der Waals surface area contributed by atoms with E-state index < -0.39 is 0 Å². The van der Waals surface area contributed by atoms with Crippen molar-refractivity contribution in [2.24, 2.45) is 0 Å². The Balaban J connectivity index is 1.71. The lowest BCUT2D eigenvalue weighted by atomic mass is 10.2. The lowest BCUT2D eigenvalue weighted by Gasteiger charge is -2.29. The van der Waals surface area contributed by atoms with Crippen molar-refractivity contribution in [1.82, 2.24) is 10.3 Å². The molecular weight excluding hydrogens is 374 g/mol. The van der Waals surface area contributed by atoms with Crippen LogP contribution in [-0.4, -0.2) is 29.9 Å². The van der Waals surface area contributed by atoms with Crippen LogP contribution in [0, 0.1) is 0 Å². The molecule has 0 saturated heterocycles. The molecule has 1 aromatic heterocycles. The molecule has 0 spiro atoms. The van der Waals surface area contributed by atoms with E-state index in [1.807, 2.05) is 31.2 Å². The molecule has 124 valence electrons. The molecule has 6 nitrogen and oxygen atoms in total. The first-order valence-electron chi connectivity index (χ1n) is 7.47. The van der Waals surface area contributed by atoms with E-state index in [1.165, 1.54) is 4.90 Å². The molecule has 2 heterocycles. The van der Waals surface area contributed by atoms with Crippen molar-refractivity contribution in [3.63, 3.8) is 0 Å². The Hall–Kier alpha value is -2.41. The molecule has 2 amide bonds. The second kappa shape index (κ2) is 7.00. The minimum absolute atomic E-state index is 0.0615. The molecule has 7 heteroatoms. The third-order valence-corrected chi connectivity index (χ3v) is 4.17. The molecule has 2 aromatic rings. The van der Waals surface area contributed by atoms with E-state index in [2.05, 4.69) is 26.2 Å². The summed E-state index contributed by atoms with van der Waals surface area (Å²) < 4.78 is 6.27. The molecular formula is C17H16BrN3O3. The predicted molar refractivity (Wildman–Crippen MR) is 92.8 cm³/mol. The maximum Gasteiger partial charge on any atom is 0.265 e. The first-order valence-corrected chi connectivity index (χ1v) is 8.27. The highest BCUT2D eigenvalue weighted by atomic mass is 79.9. The second-order valence-corrected chi connectivity index (χ2v) is 6.34. The number of carbonyl (C=O) groups is 2. The number of carbonyl (C=O) groups excluding carboxylic acids is 2. The highest BCUT2D eigenvalue weighted by molar-refractivity contribution is 9.10. The third-order valence-electron chi connectivity index (χ3n) is 3.68. The Labute approximate surface area is 148 Å². The van der Waals surface area contributed by atoms with Crippen molar-refractivity contribution in [3.05, 3.63) is 52.8 Å². The molecule has 1 aromatic carbocycles. The lowest BCUT2D eigenvalue weighted by molar-refractivity contribution is -0.125. The average Bonchev–Trinajstić information content (AvgIpc) is 2.58. The standard InChI is InChI=1S/C17H16BrN3O3/c1-11(13-4-2-3-7-19-13)20-16(22)9-21-14-6-5-12(18)8-15(14)24-10-17(21)23/h2-8,11H,9-10H2,1H3,(H,20,22)/t11-/m0/s1. The van der Waals surface area contributed by atoms with E-state index in [4.69, 9.17) is 4.74 Å². The van der Waals surface area contributed by atoms with Gasteiger partial charge in [-0.3, -0.25) is 19.5 Å². The summed E-state index contributed by atoms with van der Waals surface area (Å²) in [7, 11) is 0. The number of amides is 2. The predicted octanol–water partition coefficient (Wildman–Crippen LogP) is 2.45. The molecule has 0 unspecified atom stereocenters. The fraction of sp³-hybridized carbons (Fsp3) is 0.235. The monoisotopic (exact) mass is 389 g/mol. The summed E-state index contributed by atoms with van der Waals surface area (Å²) in [5, 5.41) is 2.86. The summed E-state index contributed by atoms with van der Waals surface area (Å²) >= 11 is 3.37. The third kappa shape index (κ3) is 3.56. The molecule has 1 atom stereocenters. The van der Waals surface area contributed by atoms with Crippen LogP contribution in [0.1, 0.15) is 18.7 Å². The van der Waals surface area contributed by atoms with Gasteiger partial charge in [0.1, 0.15) is 12.3 Å². The van der Waals surface area contributed by atoms with Crippen LogP contribution in [0.4, 0.5) is 5.69 Å². The van der Waals surface area contributed by atoms with Gasteiger partial charge in [-0.15, -0.1) is 0 Å². The van der Waals surface area contributed by atoms with E-state index in [-0.39, 0.29) is 31.0 Å². The van der Waals surface area contributed by atoms with Crippen molar-refractivity contribution >= 4 is 33.4 Å². The van der Waals surface area contributed by atoms with E-state index in [9.17, 15) is 9.59 Å². The number of ether oxygens (including phenoxy) is 1. The molecule has 1 N–H and O–H groups in total. The van der Waals surface area contributed by atoms with Gasteiger partial charge in [-0.25, -0.2) is 0 Å². The Bertz CT molecular complexity index is 767. The Morgan fingerprint density at radius 1 is 1.42 bits per heavy atom. The Kier molecular flexibility index (Phi) is 4.80. The smallest absolute Gasteiger partial charge is 0.265 e. The van der Waals surface area contributed by atoms with Crippen LogP contribution in [-0.2, 0) is 9.59 Å². The SMILES string of the molecule is C[C@H](NC(=O)CN1C(=O)COc2cc(Br)ccc21)c1ccccn1. The van der Waals surface area contributed by atoms with Gasteiger partial charge in [0.05, 0.1) is 17.4 Å². The van der Waals surface area contributed by atoms with Gasteiger partial charge in [-0.1, -0.05) is 22.0 Å². The van der Waals surface area contributed by atoms with Crippen LogP contribution in [0.15, 0.2) is 47.1 Å². The molecule has 24 heavy (non-hydrogen) atoms. The summed E-state index contributed by atoms with van der Waals surface area (Å²) in [6, 6.07) is 10.6. The fourth-order valence-electron chi connectivity index (χ4n) is 2.49. The van der Waals surface area contributed by atoms with Crippen molar-refractivity contribution in [2.75, 3.05) is 18.1 Å². The molecule has 0 fully saturated rings. The first-order chi connectivity index (χ1) is 11.5. The van der Waals surface area contributed by atoms with Crippen molar-refractivity contribution in [3.8, 4) is 5.75 Å². The summed E-state index contributed by atoms with van der Waals surface area (Å²) in [5.41, 5.74) is 1.36. The van der Waals surface area contributed by atoms with Gasteiger partial charge in [0.2, 0.25) is 5.91 Å². The maximum atomic E-state index is 12.3. The number of benzene rings is 1. The maximum absolute atomic E-state index is 12.3. The molecule has 0 bridgehead atoms. The van der Waals surface area contributed by atoms with Crippen molar-refractivity contribution in [1.29, 1.82) is 0 Å². The van der Waals surface area contributed by atoms with Crippen LogP contribution in [0.5, 0.6) is 5.75 Å². The average molecular weight is 390 g/mol. The number of aromatic nitrogens is 1. The van der Waals surface area contributed by atoms with Crippen LogP contribution in [0.25, 0.3) is 0 Å². The first kappa shape index (κ1) is 16.4. The van der Waals surface area contributed by atoms with Gasteiger partial charge in [-0.2, -0.15) is 0 Å². The Morgan fingerprint density at radius 2 is 2.25 bits per heavy atom. The topological polar surface area (TPSA) is 71.5 Å². The quantitative estimate of drug-likeness (QED) is 0.871. The number of halogens is 1. The van der Waals surface area contributed by atoms with Gasteiger partial charge in [0.15, 0.2) is 6.61 Å². The van der Waals surface area contributed by atoms with Gasteiger partial charge in [-0.05, 0) is 37.3 Å². The minimum atomic E-state index is -0.253. The van der Waals surface area contributed by atoms with E-state index in [0.717, 1.165) is 10.2 Å². The largest absolute Gasteiger partial charge is 0.482 e. The highest BCUT2D eigenvalue weighted by Crippen LogP contribution is 2.34. The number of pyridine rings is 1. The number of nitrogens with zero attached hydrogens (tertiary/aromatic N) is 2. The molecule has 1 aliphatic rings. The Morgan fingerprint density at radius 3 is 3.00 bits per heavy atom. The zero-order valence-corrected chi connectivity index (χ0v) is 14.6. The van der Waals surface area contributed by atoms with Crippen LogP contribution < -0.4 is 15.0 Å². The van der Waals surface area contributed by atoms with Gasteiger partial charge < -0.3 is 10.1 Å². The number of hydrogen-bond donors (Lipinski definition) is 1. The molecule has 0 radical (unpaired) electrons. The van der Waals surface area contributed by atoms with E-state index in [1.54, 1.807) is 18.3 Å². The van der Waals surface area contributed by atoms with Crippen molar-refractivity contribution < 1.29 is 14.3 Å². The highest BCUT2D eigenvalue weighted by Gasteiger charge is 2.27.